The molecule has 0 aromatic heterocycles. The molecule has 0 unspecified atom stereocenters. The summed E-state index contributed by atoms with van der Waals surface area (Å²) in [6.07, 6.45) is 1.44. The van der Waals surface area contributed by atoms with E-state index in [0.717, 1.165) is 16.8 Å². The highest BCUT2D eigenvalue weighted by Gasteiger charge is 2.26. The van der Waals surface area contributed by atoms with Gasteiger partial charge in [-0.2, -0.15) is 0 Å². The second-order valence-corrected chi connectivity index (χ2v) is 8.71. The first kappa shape index (κ1) is 24.6. The third-order valence-corrected chi connectivity index (χ3v) is 5.82. The highest BCUT2D eigenvalue weighted by atomic mass is 127. The number of hydrogen-bond donors (Lipinski definition) is 3. The molecule has 3 N–H and O–H groups in total. The molecule has 1 fully saturated rings. The molecule has 8 nitrogen and oxygen atoms in total. The van der Waals surface area contributed by atoms with Gasteiger partial charge < -0.3 is 14.8 Å². The van der Waals surface area contributed by atoms with Crippen LogP contribution in [0.1, 0.15) is 23.6 Å². The Labute approximate surface area is 210 Å². The highest BCUT2D eigenvalue weighted by molar-refractivity contribution is 14.1. The Kier molecular flexibility index (Phi) is 8.03. The molecule has 33 heavy (non-hydrogen) atoms. The van der Waals surface area contributed by atoms with Gasteiger partial charge in [0.25, 0.3) is 17.7 Å². The van der Waals surface area contributed by atoms with Gasteiger partial charge in [-0.3, -0.25) is 25.0 Å². The summed E-state index contributed by atoms with van der Waals surface area (Å²) in [7, 11) is 0. The van der Waals surface area contributed by atoms with E-state index in [1.165, 1.54) is 6.08 Å². The molecule has 10 heteroatoms. The number of nitrogens with one attached hydrogen (secondary N) is 3. The standard InChI is InChI=1S/C23H22IN3O5S/c1-4-31-18-10-14(8-15-21(29)26-23(33)27-22(15)30)9-16(24)20(18)32-11-19(28)25-17-7-5-6-12(2)13(17)3/h5-10H,4,11H2,1-3H3,(H,25,28)(H2,26,27,29,30,33). The van der Waals surface area contributed by atoms with Gasteiger partial charge in [0.15, 0.2) is 23.2 Å². The third-order valence-electron chi connectivity index (χ3n) is 4.81. The number of carbonyl (C=O) groups excluding carboxylic acids is 3. The van der Waals surface area contributed by atoms with Crippen LogP contribution in [-0.2, 0) is 14.4 Å². The molecule has 3 amide bonds. The van der Waals surface area contributed by atoms with Crippen molar-refractivity contribution in [1.29, 1.82) is 0 Å². The molecule has 172 valence electrons. The molecule has 1 heterocycles. The summed E-state index contributed by atoms with van der Waals surface area (Å²) in [6.45, 7) is 5.87. The molecule has 1 saturated heterocycles. The van der Waals surface area contributed by atoms with Crippen molar-refractivity contribution in [2.45, 2.75) is 20.8 Å². The fourth-order valence-electron chi connectivity index (χ4n) is 3.06. The summed E-state index contributed by atoms with van der Waals surface area (Å²) in [5.74, 6) is -0.683. The van der Waals surface area contributed by atoms with Crippen LogP contribution in [0.5, 0.6) is 11.5 Å². The number of amides is 3. The van der Waals surface area contributed by atoms with Crippen molar-refractivity contribution < 1.29 is 23.9 Å². The molecule has 0 atom stereocenters. The Morgan fingerprint density at radius 3 is 2.52 bits per heavy atom. The van der Waals surface area contributed by atoms with Crippen molar-refractivity contribution in [1.82, 2.24) is 10.6 Å². The maximum atomic E-state index is 12.5. The number of ether oxygens (including phenoxy) is 2. The van der Waals surface area contributed by atoms with Crippen LogP contribution in [-0.4, -0.2) is 36.0 Å². The quantitative estimate of drug-likeness (QED) is 0.202. The number of thiocarbonyl (C=S) groups is 1. The molecule has 2 aromatic carbocycles. The SMILES string of the molecule is CCOc1cc(C=C2C(=O)NC(=S)NC2=O)cc(I)c1OCC(=O)Nc1cccc(C)c1C. The Hall–Kier alpha value is -2.99. The largest absolute Gasteiger partial charge is 0.490 e. The zero-order valence-corrected chi connectivity index (χ0v) is 21.2. The first-order chi connectivity index (χ1) is 15.7. The summed E-state index contributed by atoms with van der Waals surface area (Å²) >= 11 is 6.87. The second kappa shape index (κ2) is 10.8. The first-order valence-corrected chi connectivity index (χ1v) is 11.5. The highest BCUT2D eigenvalue weighted by Crippen LogP contribution is 2.35. The fraction of sp³-hybridized carbons (Fsp3) is 0.217. The van der Waals surface area contributed by atoms with Gasteiger partial charge in [-0.1, -0.05) is 12.1 Å². The van der Waals surface area contributed by atoms with Gasteiger partial charge in [0, 0.05) is 5.69 Å². The minimum atomic E-state index is -0.583. The van der Waals surface area contributed by atoms with E-state index in [-0.39, 0.29) is 23.2 Å². The maximum absolute atomic E-state index is 12.5. The number of rotatable bonds is 7. The van der Waals surface area contributed by atoms with Crippen molar-refractivity contribution >= 4 is 69.4 Å². The second-order valence-electron chi connectivity index (χ2n) is 7.14. The minimum Gasteiger partial charge on any atom is -0.490 e. The number of aryl methyl sites for hydroxylation is 1. The van der Waals surface area contributed by atoms with E-state index in [0.29, 0.717) is 27.2 Å². The molecule has 0 aliphatic carbocycles. The predicted molar refractivity (Wildman–Crippen MR) is 137 cm³/mol. The molecular formula is C23H22IN3O5S. The molecule has 1 aliphatic heterocycles. The van der Waals surface area contributed by atoms with Crippen LogP contribution in [0.2, 0.25) is 0 Å². The van der Waals surface area contributed by atoms with E-state index < -0.39 is 11.8 Å². The number of benzene rings is 2. The van der Waals surface area contributed by atoms with Crippen molar-refractivity contribution in [2.75, 3.05) is 18.5 Å². The average molecular weight is 579 g/mol. The van der Waals surface area contributed by atoms with Crippen molar-refractivity contribution in [3.05, 3.63) is 56.2 Å². The number of carbonyl (C=O) groups is 3. The fourth-order valence-corrected chi connectivity index (χ4v) is 4.02. The Morgan fingerprint density at radius 2 is 1.85 bits per heavy atom. The number of halogens is 1. The molecule has 0 bridgehead atoms. The average Bonchev–Trinajstić information content (AvgIpc) is 2.73. The summed E-state index contributed by atoms with van der Waals surface area (Å²) in [5, 5.41) is 7.61. The van der Waals surface area contributed by atoms with E-state index in [9.17, 15) is 14.4 Å². The van der Waals surface area contributed by atoms with Gasteiger partial charge in [-0.15, -0.1) is 0 Å². The van der Waals surface area contributed by atoms with Gasteiger partial charge in [0.05, 0.1) is 10.2 Å². The van der Waals surface area contributed by atoms with Crippen LogP contribution < -0.4 is 25.4 Å². The van der Waals surface area contributed by atoms with Gasteiger partial charge in [0.1, 0.15) is 5.57 Å². The lowest BCUT2D eigenvalue weighted by Gasteiger charge is -2.17. The summed E-state index contributed by atoms with van der Waals surface area (Å²) in [6, 6.07) is 9.06. The first-order valence-electron chi connectivity index (χ1n) is 10.0. The number of anilines is 1. The Balaban J connectivity index is 1.80. The monoisotopic (exact) mass is 579 g/mol. The van der Waals surface area contributed by atoms with Crippen LogP contribution in [0.3, 0.4) is 0 Å². The van der Waals surface area contributed by atoms with E-state index in [4.69, 9.17) is 21.7 Å². The zero-order valence-electron chi connectivity index (χ0n) is 18.2. The van der Waals surface area contributed by atoms with Crippen molar-refractivity contribution in [3.63, 3.8) is 0 Å². The predicted octanol–water partition coefficient (Wildman–Crippen LogP) is 3.24. The molecule has 0 spiro atoms. The van der Waals surface area contributed by atoms with Gasteiger partial charge in [-0.25, -0.2) is 0 Å². The van der Waals surface area contributed by atoms with Gasteiger partial charge in [-0.05, 0) is 96.5 Å². The van der Waals surface area contributed by atoms with Crippen LogP contribution >= 0.6 is 34.8 Å². The summed E-state index contributed by atoms with van der Waals surface area (Å²) < 4.78 is 12.1. The lowest BCUT2D eigenvalue weighted by molar-refractivity contribution is -0.123. The Morgan fingerprint density at radius 1 is 1.15 bits per heavy atom. The summed E-state index contributed by atoms with van der Waals surface area (Å²) in [4.78, 5) is 36.7. The van der Waals surface area contributed by atoms with Crippen molar-refractivity contribution in [3.8, 4) is 11.5 Å². The van der Waals surface area contributed by atoms with E-state index in [1.54, 1.807) is 12.1 Å². The molecule has 1 aliphatic rings. The Bertz CT molecular complexity index is 1160. The van der Waals surface area contributed by atoms with Crippen molar-refractivity contribution in [2.24, 2.45) is 0 Å². The molecule has 2 aromatic rings. The van der Waals surface area contributed by atoms with Crippen LogP contribution in [0.15, 0.2) is 35.9 Å². The summed E-state index contributed by atoms with van der Waals surface area (Å²) in [5.41, 5.74) is 3.28. The normalized spacial score (nSPS) is 13.2. The maximum Gasteiger partial charge on any atom is 0.263 e. The van der Waals surface area contributed by atoms with E-state index >= 15 is 0 Å². The molecule has 0 radical (unpaired) electrons. The molecular weight excluding hydrogens is 557 g/mol. The molecule has 0 saturated carbocycles. The van der Waals surface area contributed by atoms with Gasteiger partial charge in [0.2, 0.25) is 0 Å². The number of hydrogen-bond acceptors (Lipinski definition) is 6. The van der Waals surface area contributed by atoms with Gasteiger partial charge >= 0.3 is 0 Å². The van der Waals surface area contributed by atoms with Crippen LogP contribution in [0.25, 0.3) is 6.08 Å². The van der Waals surface area contributed by atoms with Crippen LogP contribution in [0.4, 0.5) is 5.69 Å². The topological polar surface area (TPSA) is 106 Å². The smallest absolute Gasteiger partial charge is 0.263 e. The van der Waals surface area contributed by atoms with E-state index in [1.807, 2.05) is 39.0 Å². The lowest BCUT2D eigenvalue weighted by Crippen LogP contribution is -2.51. The van der Waals surface area contributed by atoms with Crippen LogP contribution in [0, 0.1) is 17.4 Å². The zero-order chi connectivity index (χ0) is 24.1. The lowest BCUT2D eigenvalue weighted by atomic mass is 10.1. The van der Waals surface area contributed by atoms with E-state index in [2.05, 4.69) is 38.5 Å². The third kappa shape index (κ3) is 6.08. The molecule has 3 rings (SSSR count). The minimum absolute atomic E-state index is 0.0328.